The summed E-state index contributed by atoms with van der Waals surface area (Å²) in [6.07, 6.45) is 0. The van der Waals surface area contributed by atoms with Crippen LogP contribution >= 0.6 is 0 Å². The van der Waals surface area contributed by atoms with Gasteiger partial charge in [-0.2, -0.15) is 0 Å². The van der Waals surface area contributed by atoms with E-state index in [4.69, 9.17) is 0 Å². The smallest absolute Gasteiger partial charge is 0.137 e. The van der Waals surface area contributed by atoms with E-state index >= 15 is 0 Å². The lowest BCUT2D eigenvalue weighted by atomic mass is 10.1. The third-order valence-corrected chi connectivity index (χ3v) is 4.24. The van der Waals surface area contributed by atoms with Gasteiger partial charge in [0.15, 0.2) is 0 Å². The summed E-state index contributed by atoms with van der Waals surface area (Å²) >= 11 is 0. The van der Waals surface area contributed by atoms with Crippen molar-refractivity contribution in [1.29, 1.82) is 0 Å². The highest BCUT2D eigenvalue weighted by molar-refractivity contribution is 5.59. The molecule has 5 heteroatoms. The molecule has 0 radical (unpaired) electrons. The average Bonchev–Trinajstić information content (AvgIpc) is 2.39. The molecule has 2 heterocycles. The maximum atomic E-state index is 4.69. The van der Waals surface area contributed by atoms with Crippen LogP contribution in [0.1, 0.15) is 32.2 Å². The number of hydrogen-bond acceptors (Lipinski definition) is 5. The molecule has 5 nitrogen and oxygen atoms in total. The molecule has 0 bridgehead atoms. The van der Waals surface area contributed by atoms with Crippen molar-refractivity contribution >= 4 is 11.6 Å². The molecule has 2 unspecified atom stereocenters. The van der Waals surface area contributed by atoms with Crippen molar-refractivity contribution in [3.8, 4) is 0 Å². The largest absolute Gasteiger partial charge is 0.370 e. The zero-order valence-corrected chi connectivity index (χ0v) is 13.6. The number of piperazine rings is 1. The molecule has 0 aromatic carbocycles. The molecule has 0 aliphatic carbocycles. The van der Waals surface area contributed by atoms with E-state index in [-0.39, 0.29) is 0 Å². The lowest BCUT2D eigenvalue weighted by molar-refractivity contribution is 0.169. The van der Waals surface area contributed by atoms with Crippen LogP contribution in [0.5, 0.6) is 0 Å². The minimum absolute atomic E-state index is 0.538. The topological polar surface area (TPSA) is 44.3 Å². The molecule has 112 valence electrons. The maximum absolute atomic E-state index is 4.69. The maximum Gasteiger partial charge on any atom is 0.137 e. The molecule has 0 spiro atoms. The number of aromatic nitrogens is 2. The van der Waals surface area contributed by atoms with Crippen LogP contribution in [0.15, 0.2) is 0 Å². The Bertz CT molecular complexity index is 462. The van der Waals surface area contributed by atoms with E-state index in [2.05, 4.69) is 59.8 Å². The lowest BCUT2D eigenvalue weighted by Gasteiger charge is -2.43. The van der Waals surface area contributed by atoms with Gasteiger partial charge in [0.05, 0.1) is 0 Å². The summed E-state index contributed by atoms with van der Waals surface area (Å²) in [6, 6.07) is 1.08. The van der Waals surface area contributed by atoms with Crippen LogP contribution in [0.2, 0.25) is 0 Å². The molecule has 0 amide bonds. The number of likely N-dealkylation sites (N-methyl/N-ethyl adjacent to an activating group) is 1. The second-order valence-corrected chi connectivity index (χ2v) is 5.87. The molecule has 1 aliphatic rings. The fraction of sp³-hybridized carbons (Fsp3) is 0.733. The van der Waals surface area contributed by atoms with Gasteiger partial charge in [-0.3, -0.25) is 4.90 Å². The molecule has 1 saturated heterocycles. The molecule has 2 rings (SSSR count). The Balaban J connectivity index is 2.32. The summed E-state index contributed by atoms with van der Waals surface area (Å²) in [4.78, 5) is 14.0. The highest BCUT2D eigenvalue weighted by Gasteiger charge is 2.28. The van der Waals surface area contributed by atoms with Crippen molar-refractivity contribution in [3.05, 3.63) is 11.4 Å². The third-order valence-electron chi connectivity index (χ3n) is 4.24. The van der Waals surface area contributed by atoms with Gasteiger partial charge in [-0.05, 0) is 41.7 Å². The average molecular weight is 277 g/mol. The molecule has 1 aromatic rings. The normalized spacial score (nSPS) is 24.0. The summed E-state index contributed by atoms with van der Waals surface area (Å²) in [7, 11) is 2.20. The zero-order chi connectivity index (χ0) is 14.9. The van der Waals surface area contributed by atoms with Crippen LogP contribution < -0.4 is 10.2 Å². The van der Waals surface area contributed by atoms with Gasteiger partial charge in [-0.25, -0.2) is 9.97 Å². The van der Waals surface area contributed by atoms with E-state index in [1.807, 2.05) is 6.92 Å². The number of rotatable bonds is 3. The molecule has 2 atom stereocenters. The molecule has 20 heavy (non-hydrogen) atoms. The molecule has 1 aliphatic heterocycles. The van der Waals surface area contributed by atoms with Gasteiger partial charge < -0.3 is 10.2 Å². The van der Waals surface area contributed by atoms with Crippen molar-refractivity contribution in [1.82, 2.24) is 14.9 Å². The van der Waals surface area contributed by atoms with E-state index in [0.29, 0.717) is 12.1 Å². The highest BCUT2D eigenvalue weighted by Crippen LogP contribution is 2.26. The molecule has 1 aromatic heterocycles. The quantitative estimate of drug-likeness (QED) is 0.916. The highest BCUT2D eigenvalue weighted by atomic mass is 15.3. The van der Waals surface area contributed by atoms with Crippen molar-refractivity contribution in [2.75, 3.05) is 36.9 Å². The fourth-order valence-corrected chi connectivity index (χ4v) is 2.84. The summed E-state index contributed by atoms with van der Waals surface area (Å²) in [5, 5.41) is 3.34. The monoisotopic (exact) mass is 277 g/mol. The predicted molar refractivity (Wildman–Crippen MR) is 84.6 cm³/mol. The Hall–Kier alpha value is -1.36. The van der Waals surface area contributed by atoms with E-state index in [1.54, 1.807) is 0 Å². The first kappa shape index (κ1) is 15.0. The number of hydrogen-bond donors (Lipinski definition) is 1. The molecule has 1 N–H and O–H groups in total. The molecule has 1 fully saturated rings. The predicted octanol–water partition coefficient (Wildman–Crippen LogP) is 2.05. The summed E-state index contributed by atoms with van der Waals surface area (Å²) in [5.74, 6) is 2.88. The Morgan fingerprint density at radius 3 is 2.30 bits per heavy atom. The van der Waals surface area contributed by atoms with E-state index < -0.39 is 0 Å². The van der Waals surface area contributed by atoms with Crippen LogP contribution in [0.3, 0.4) is 0 Å². The van der Waals surface area contributed by atoms with Crippen molar-refractivity contribution < 1.29 is 0 Å². The van der Waals surface area contributed by atoms with Crippen LogP contribution in [0, 0.1) is 13.8 Å². The Kier molecular flexibility index (Phi) is 4.48. The van der Waals surface area contributed by atoms with Crippen molar-refractivity contribution in [3.63, 3.8) is 0 Å². The first-order valence-electron chi connectivity index (χ1n) is 7.50. The van der Waals surface area contributed by atoms with Gasteiger partial charge in [0.25, 0.3) is 0 Å². The third kappa shape index (κ3) is 2.87. The van der Waals surface area contributed by atoms with Gasteiger partial charge in [0, 0.05) is 37.3 Å². The number of aryl methyl sites for hydroxylation is 1. The van der Waals surface area contributed by atoms with Gasteiger partial charge in [0.2, 0.25) is 0 Å². The SMILES string of the molecule is CCNc1nc(C)nc(N2CC(C)N(C)C(C)C2)c1C. The van der Waals surface area contributed by atoms with Gasteiger partial charge >= 0.3 is 0 Å². The van der Waals surface area contributed by atoms with E-state index in [9.17, 15) is 0 Å². The van der Waals surface area contributed by atoms with E-state index in [1.165, 1.54) is 0 Å². The molecule has 0 saturated carbocycles. The first-order chi connectivity index (χ1) is 9.43. The van der Waals surface area contributed by atoms with E-state index in [0.717, 1.165) is 42.7 Å². The Labute approximate surface area is 122 Å². The lowest BCUT2D eigenvalue weighted by Crippen LogP contribution is -2.55. The van der Waals surface area contributed by atoms with Gasteiger partial charge in [0.1, 0.15) is 17.5 Å². The molecular weight excluding hydrogens is 250 g/mol. The summed E-state index contributed by atoms with van der Waals surface area (Å²) in [6.45, 7) is 13.6. The second-order valence-electron chi connectivity index (χ2n) is 5.87. The van der Waals surface area contributed by atoms with Crippen LogP contribution in [-0.2, 0) is 0 Å². The first-order valence-corrected chi connectivity index (χ1v) is 7.50. The van der Waals surface area contributed by atoms with Gasteiger partial charge in [-0.15, -0.1) is 0 Å². The summed E-state index contributed by atoms with van der Waals surface area (Å²) < 4.78 is 0. The van der Waals surface area contributed by atoms with Crippen LogP contribution in [0.25, 0.3) is 0 Å². The molecular formula is C15H27N5. The number of nitrogens with zero attached hydrogens (tertiary/aromatic N) is 4. The minimum Gasteiger partial charge on any atom is -0.370 e. The van der Waals surface area contributed by atoms with Crippen molar-refractivity contribution in [2.45, 2.75) is 46.7 Å². The summed E-state index contributed by atoms with van der Waals surface area (Å²) in [5.41, 5.74) is 1.15. The van der Waals surface area contributed by atoms with Crippen LogP contribution in [-0.4, -0.2) is 53.6 Å². The van der Waals surface area contributed by atoms with Crippen LogP contribution in [0.4, 0.5) is 11.6 Å². The Morgan fingerprint density at radius 1 is 1.15 bits per heavy atom. The minimum atomic E-state index is 0.538. The fourth-order valence-electron chi connectivity index (χ4n) is 2.84. The number of nitrogens with one attached hydrogen (secondary N) is 1. The second kappa shape index (κ2) is 5.95. The Morgan fingerprint density at radius 2 is 1.75 bits per heavy atom. The van der Waals surface area contributed by atoms with Crippen molar-refractivity contribution in [2.24, 2.45) is 0 Å². The number of anilines is 2. The van der Waals surface area contributed by atoms with Gasteiger partial charge in [-0.1, -0.05) is 0 Å². The zero-order valence-electron chi connectivity index (χ0n) is 13.6. The standard InChI is InChI=1S/C15H27N5/c1-7-16-14-12(4)15(18-13(5)17-14)20-8-10(2)19(6)11(3)9-20/h10-11H,7-9H2,1-6H3,(H,16,17,18).